The highest BCUT2D eigenvalue weighted by Gasteiger charge is 2.21. The standard InChI is InChI=1S/C16H18ClN3OS/c1-11(15(21)12-6-8-13(17)9-7-12)22-16-19-18-14-5-3-2-4-10-20(14)16/h6-9,11H,2-5,10H2,1H3/t11-/m0/s1. The highest BCUT2D eigenvalue weighted by Crippen LogP contribution is 2.27. The molecule has 0 N–H and O–H groups in total. The number of hydrogen-bond acceptors (Lipinski definition) is 4. The normalized spacial score (nSPS) is 15.9. The zero-order valence-electron chi connectivity index (χ0n) is 12.5. The summed E-state index contributed by atoms with van der Waals surface area (Å²) in [5.74, 6) is 1.14. The maximum atomic E-state index is 12.5. The van der Waals surface area contributed by atoms with Gasteiger partial charge < -0.3 is 4.57 Å². The minimum absolute atomic E-state index is 0.0904. The first-order valence-electron chi connectivity index (χ1n) is 7.53. The van der Waals surface area contributed by atoms with Crippen molar-refractivity contribution in [3.05, 3.63) is 40.7 Å². The van der Waals surface area contributed by atoms with Gasteiger partial charge in [-0.1, -0.05) is 29.8 Å². The van der Waals surface area contributed by atoms with Gasteiger partial charge in [0.15, 0.2) is 10.9 Å². The second-order valence-electron chi connectivity index (χ2n) is 5.49. The van der Waals surface area contributed by atoms with Crippen LogP contribution in [0.15, 0.2) is 29.4 Å². The third kappa shape index (κ3) is 3.36. The molecule has 6 heteroatoms. The smallest absolute Gasteiger partial charge is 0.191 e. The van der Waals surface area contributed by atoms with Crippen LogP contribution in [-0.2, 0) is 13.0 Å². The Bertz CT molecular complexity index is 669. The number of carbonyl (C=O) groups excluding carboxylic acids is 1. The van der Waals surface area contributed by atoms with Crippen molar-refractivity contribution in [2.45, 2.75) is 49.6 Å². The van der Waals surface area contributed by atoms with Crippen molar-refractivity contribution in [2.24, 2.45) is 0 Å². The lowest BCUT2D eigenvalue weighted by atomic mass is 10.1. The van der Waals surface area contributed by atoms with Crippen LogP contribution >= 0.6 is 23.4 Å². The molecule has 3 rings (SSSR count). The number of rotatable bonds is 4. The van der Waals surface area contributed by atoms with Crippen molar-refractivity contribution >= 4 is 29.1 Å². The van der Waals surface area contributed by atoms with Gasteiger partial charge in [0.2, 0.25) is 0 Å². The first kappa shape index (κ1) is 15.6. The molecular weight excluding hydrogens is 318 g/mol. The molecule has 0 spiro atoms. The Labute approximate surface area is 139 Å². The molecule has 1 aliphatic heterocycles. The number of ketones is 1. The van der Waals surface area contributed by atoms with E-state index in [1.54, 1.807) is 24.3 Å². The van der Waals surface area contributed by atoms with Gasteiger partial charge >= 0.3 is 0 Å². The minimum Gasteiger partial charge on any atom is -0.306 e. The number of fused-ring (bicyclic) bond motifs is 1. The molecule has 0 radical (unpaired) electrons. The molecule has 1 aromatic heterocycles. The Morgan fingerprint density at radius 3 is 2.77 bits per heavy atom. The molecule has 22 heavy (non-hydrogen) atoms. The van der Waals surface area contributed by atoms with Crippen molar-refractivity contribution in [3.8, 4) is 0 Å². The molecular formula is C16H18ClN3OS. The maximum Gasteiger partial charge on any atom is 0.191 e. The van der Waals surface area contributed by atoms with Gasteiger partial charge in [-0.25, -0.2) is 0 Å². The molecule has 1 atom stereocenters. The van der Waals surface area contributed by atoms with E-state index in [-0.39, 0.29) is 11.0 Å². The van der Waals surface area contributed by atoms with Crippen LogP contribution in [0.2, 0.25) is 5.02 Å². The first-order chi connectivity index (χ1) is 10.6. The van der Waals surface area contributed by atoms with Gasteiger partial charge in [-0.15, -0.1) is 10.2 Å². The molecule has 0 amide bonds. The number of benzene rings is 1. The van der Waals surface area contributed by atoms with E-state index in [0.717, 1.165) is 30.4 Å². The van der Waals surface area contributed by atoms with Crippen molar-refractivity contribution in [2.75, 3.05) is 0 Å². The molecule has 0 saturated carbocycles. The Balaban J connectivity index is 1.74. The first-order valence-corrected chi connectivity index (χ1v) is 8.79. The highest BCUT2D eigenvalue weighted by molar-refractivity contribution is 8.00. The van der Waals surface area contributed by atoms with Crippen LogP contribution in [0, 0.1) is 0 Å². The maximum absolute atomic E-state index is 12.5. The predicted molar refractivity (Wildman–Crippen MR) is 88.7 cm³/mol. The number of aromatic nitrogens is 3. The lowest BCUT2D eigenvalue weighted by Crippen LogP contribution is -2.15. The van der Waals surface area contributed by atoms with Crippen LogP contribution in [0.3, 0.4) is 0 Å². The fourth-order valence-corrected chi connectivity index (χ4v) is 3.70. The van der Waals surface area contributed by atoms with Crippen LogP contribution in [0.25, 0.3) is 0 Å². The van der Waals surface area contributed by atoms with E-state index < -0.39 is 0 Å². The van der Waals surface area contributed by atoms with E-state index in [1.165, 1.54) is 24.6 Å². The van der Waals surface area contributed by atoms with Crippen molar-refractivity contribution in [1.82, 2.24) is 14.8 Å². The summed E-state index contributed by atoms with van der Waals surface area (Å²) in [5.41, 5.74) is 0.681. The molecule has 4 nitrogen and oxygen atoms in total. The number of aryl methyl sites for hydroxylation is 1. The number of thioether (sulfide) groups is 1. The topological polar surface area (TPSA) is 47.8 Å². The quantitative estimate of drug-likeness (QED) is 0.625. The van der Waals surface area contributed by atoms with E-state index in [0.29, 0.717) is 10.6 Å². The number of carbonyl (C=O) groups is 1. The number of halogens is 1. The summed E-state index contributed by atoms with van der Waals surface area (Å²) in [6.45, 7) is 2.87. The lowest BCUT2D eigenvalue weighted by Gasteiger charge is -2.11. The average molecular weight is 336 g/mol. The van der Waals surface area contributed by atoms with Crippen LogP contribution in [0.5, 0.6) is 0 Å². The van der Waals surface area contributed by atoms with E-state index in [4.69, 9.17) is 11.6 Å². The van der Waals surface area contributed by atoms with Crippen LogP contribution in [0.4, 0.5) is 0 Å². The van der Waals surface area contributed by atoms with Gasteiger partial charge in [-0.05, 0) is 44.0 Å². The molecule has 1 aliphatic rings. The summed E-state index contributed by atoms with van der Waals surface area (Å²) >= 11 is 7.36. The van der Waals surface area contributed by atoms with Crippen LogP contribution < -0.4 is 0 Å². The zero-order chi connectivity index (χ0) is 15.5. The number of Topliss-reactive ketones (excluding diaryl/α,β-unsaturated/α-hetero) is 1. The molecule has 2 heterocycles. The van der Waals surface area contributed by atoms with Gasteiger partial charge in [0, 0.05) is 23.6 Å². The predicted octanol–water partition coefficient (Wildman–Crippen LogP) is 4.02. The van der Waals surface area contributed by atoms with E-state index in [9.17, 15) is 4.79 Å². The lowest BCUT2D eigenvalue weighted by molar-refractivity contribution is 0.0994. The molecule has 0 unspecified atom stereocenters. The number of hydrogen-bond donors (Lipinski definition) is 0. The number of nitrogens with zero attached hydrogens (tertiary/aromatic N) is 3. The van der Waals surface area contributed by atoms with Gasteiger partial charge in [0.25, 0.3) is 0 Å². The molecule has 116 valence electrons. The fourth-order valence-electron chi connectivity index (χ4n) is 2.61. The second-order valence-corrected chi connectivity index (χ2v) is 7.24. The van der Waals surface area contributed by atoms with Crippen molar-refractivity contribution in [3.63, 3.8) is 0 Å². The molecule has 2 aromatic rings. The minimum atomic E-state index is -0.197. The Hall–Kier alpha value is -1.33. The Morgan fingerprint density at radius 1 is 1.23 bits per heavy atom. The summed E-state index contributed by atoms with van der Waals surface area (Å²) in [6.07, 6.45) is 4.53. The summed E-state index contributed by atoms with van der Waals surface area (Å²) in [5, 5.41) is 9.84. The summed E-state index contributed by atoms with van der Waals surface area (Å²) < 4.78 is 2.17. The van der Waals surface area contributed by atoms with E-state index in [1.807, 2.05) is 6.92 Å². The average Bonchev–Trinajstić information content (AvgIpc) is 2.75. The van der Waals surface area contributed by atoms with Gasteiger partial charge in [0.1, 0.15) is 5.82 Å². The molecule has 1 aromatic carbocycles. The van der Waals surface area contributed by atoms with Gasteiger partial charge in [-0.3, -0.25) is 4.79 Å². The largest absolute Gasteiger partial charge is 0.306 e. The monoisotopic (exact) mass is 335 g/mol. The van der Waals surface area contributed by atoms with Gasteiger partial charge in [-0.2, -0.15) is 0 Å². The highest BCUT2D eigenvalue weighted by atomic mass is 35.5. The van der Waals surface area contributed by atoms with E-state index in [2.05, 4.69) is 14.8 Å². The summed E-state index contributed by atoms with van der Waals surface area (Å²) in [4.78, 5) is 12.5. The molecule has 0 saturated heterocycles. The molecule has 0 fully saturated rings. The summed E-state index contributed by atoms with van der Waals surface area (Å²) in [7, 11) is 0. The summed E-state index contributed by atoms with van der Waals surface area (Å²) in [6, 6.07) is 7.03. The third-order valence-electron chi connectivity index (χ3n) is 3.86. The van der Waals surface area contributed by atoms with Crippen LogP contribution in [-0.4, -0.2) is 25.8 Å². The third-order valence-corrected chi connectivity index (χ3v) is 5.19. The Morgan fingerprint density at radius 2 is 2.00 bits per heavy atom. The Kier molecular flexibility index (Phi) is 4.84. The van der Waals surface area contributed by atoms with Crippen molar-refractivity contribution < 1.29 is 4.79 Å². The van der Waals surface area contributed by atoms with E-state index >= 15 is 0 Å². The zero-order valence-corrected chi connectivity index (χ0v) is 14.0. The van der Waals surface area contributed by atoms with Crippen LogP contribution in [0.1, 0.15) is 42.4 Å². The molecule has 0 aliphatic carbocycles. The van der Waals surface area contributed by atoms with Gasteiger partial charge in [0.05, 0.1) is 5.25 Å². The SMILES string of the molecule is C[C@H](Sc1nnc2n1CCCCC2)C(=O)c1ccc(Cl)cc1. The fraction of sp³-hybridized carbons (Fsp3) is 0.438. The van der Waals surface area contributed by atoms with Crippen molar-refractivity contribution in [1.29, 1.82) is 0 Å². The second kappa shape index (κ2) is 6.84. The molecule has 0 bridgehead atoms.